The average molecular weight is 238 g/mol. The topological polar surface area (TPSA) is 29.1 Å². The second-order valence-electron chi connectivity index (χ2n) is 3.60. The van der Waals surface area contributed by atoms with Gasteiger partial charge in [0.05, 0.1) is 0 Å². The van der Waals surface area contributed by atoms with Crippen LogP contribution in [0.5, 0.6) is 0 Å². The number of carbonyl (C=O) groups is 1. The van der Waals surface area contributed by atoms with Gasteiger partial charge in [0.1, 0.15) is 5.54 Å². The maximum absolute atomic E-state index is 11.9. The third-order valence-corrected chi connectivity index (χ3v) is 2.88. The molecule has 16 heavy (non-hydrogen) atoms. The first kappa shape index (κ1) is 12.9. The lowest BCUT2D eigenvalue weighted by Gasteiger charge is -2.28. The van der Waals surface area contributed by atoms with Crippen LogP contribution in [0.1, 0.15) is 13.3 Å². The SMILES string of the molecule is C=C(Cl)/C(=C\C=C/C)C1(NC)C=CCC1=O. The number of allylic oxidation sites excluding steroid dienone is 4. The predicted molar refractivity (Wildman–Crippen MR) is 68.4 cm³/mol. The third kappa shape index (κ3) is 2.18. The van der Waals surface area contributed by atoms with Crippen LogP contribution in [0.3, 0.4) is 0 Å². The van der Waals surface area contributed by atoms with Crippen LogP contribution in [0.15, 0.2) is 47.6 Å². The lowest BCUT2D eigenvalue weighted by atomic mass is 9.87. The van der Waals surface area contributed by atoms with Gasteiger partial charge in [0.2, 0.25) is 0 Å². The molecule has 0 saturated heterocycles. The zero-order chi connectivity index (χ0) is 12.2. The number of likely N-dealkylation sites (N-methyl/N-ethyl adjacent to an activating group) is 1. The standard InChI is InChI=1S/C13H16ClNO/c1-4-5-7-11(10(2)14)13(15-3)9-6-8-12(13)16/h4-7,9,15H,2,8H2,1,3H3/b5-4-,11-7+. The molecule has 1 atom stereocenters. The number of Topliss-reactive ketones (excluding diaryl/α,β-unsaturated/α-hetero) is 1. The Kier molecular flexibility index (Phi) is 4.27. The molecule has 1 unspecified atom stereocenters. The molecule has 0 saturated carbocycles. The van der Waals surface area contributed by atoms with E-state index < -0.39 is 5.54 Å². The van der Waals surface area contributed by atoms with Crippen LogP contribution in [0.25, 0.3) is 0 Å². The van der Waals surface area contributed by atoms with Gasteiger partial charge in [-0.3, -0.25) is 4.79 Å². The Morgan fingerprint density at radius 1 is 1.69 bits per heavy atom. The molecular formula is C13H16ClNO. The second kappa shape index (κ2) is 5.28. The van der Waals surface area contributed by atoms with Crippen LogP contribution in [-0.4, -0.2) is 18.4 Å². The lowest BCUT2D eigenvalue weighted by molar-refractivity contribution is -0.120. The zero-order valence-corrected chi connectivity index (χ0v) is 10.3. The van der Waals surface area contributed by atoms with E-state index >= 15 is 0 Å². The Morgan fingerprint density at radius 3 is 2.75 bits per heavy atom. The first-order valence-electron chi connectivity index (χ1n) is 5.16. The summed E-state index contributed by atoms with van der Waals surface area (Å²) in [5.74, 6) is 0.0903. The van der Waals surface area contributed by atoms with Crippen molar-refractivity contribution in [3.8, 4) is 0 Å². The normalized spacial score (nSPS) is 25.7. The van der Waals surface area contributed by atoms with Gasteiger partial charge >= 0.3 is 0 Å². The first-order chi connectivity index (χ1) is 7.58. The number of halogens is 1. The Balaban J connectivity index is 3.24. The summed E-state index contributed by atoms with van der Waals surface area (Å²) < 4.78 is 0. The van der Waals surface area contributed by atoms with Crippen molar-refractivity contribution in [2.24, 2.45) is 0 Å². The summed E-state index contributed by atoms with van der Waals surface area (Å²) in [6.45, 7) is 5.62. The Morgan fingerprint density at radius 2 is 2.38 bits per heavy atom. The van der Waals surface area contributed by atoms with E-state index in [-0.39, 0.29) is 5.78 Å². The van der Waals surface area contributed by atoms with Gasteiger partial charge in [-0.1, -0.05) is 48.6 Å². The number of hydrogen-bond donors (Lipinski definition) is 1. The van der Waals surface area contributed by atoms with Crippen molar-refractivity contribution in [2.45, 2.75) is 18.9 Å². The zero-order valence-electron chi connectivity index (χ0n) is 9.59. The van der Waals surface area contributed by atoms with Crippen LogP contribution >= 0.6 is 11.6 Å². The highest BCUT2D eigenvalue weighted by molar-refractivity contribution is 6.32. The van der Waals surface area contributed by atoms with Crippen molar-refractivity contribution in [1.29, 1.82) is 0 Å². The minimum Gasteiger partial charge on any atom is -0.301 e. The van der Waals surface area contributed by atoms with Crippen molar-refractivity contribution >= 4 is 17.4 Å². The van der Waals surface area contributed by atoms with Crippen LogP contribution in [-0.2, 0) is 4.79 Å². The van der Waals surface area contributed by atoms with E-state index in [4.69, 9.17) is 11.6 Å². The van der Waals surface area contributed by atoms with Crippen molar-refractivity contribution < 1.29 is 4.79 Å². The van der Waals surface area contributed by atoms with Gasteiger partial charge in [0.25, 0.3) is 0 Å². The second-order valence-corrected chi connectivity index (χ2v) is 4.05. The largest absolute Gasteiger partial charge is 0.301 e. The molecule has 0 aliphatic heterocycles. The van der Waals surface area contributed by atoms with Gasteiger partial charge in [-0.25, -0.2) is 0 Å². The average Bonchev–Trinajstić information content (AvgIpc) is 2.61. The molecule has 0 amide bonds. The predicted octanol–water partition coefficient (Wildman–Crippen LogP) is 2.73. The van der Waals surface area contributed by atoms with Gasteiger partial charge in [0, 0.05) is 17.0 Å². The summed E-state index contributed by atoms with van der Waals surface area (Å²) >= 11 is 5.97. The molecule has 0 aromatic heterocycles. The molecule has 0 radical (unpaired) electrons. The molecule has 0 bridgehead atoms. The monoisotopic (exact) mass is 237 g/mol. The fourth-order valence-corrected chi connectivity index (χ4v) is 2.03. The molecule has 0 aromatic carbocycles. The van der Waals surface area contributed by atoms with Gasteiger partial charge in [0.15, 0.2) is 5.78 Å². The molecule has 1 N–H and O–H groups in total. The molecule has 0 fully saturated rings. The summed E-state index contributed by atoms with van der Waals surface area (Å²) in [5, 5.41) is 3.42. The van der Waals surface area contributed by atoms with E-state index in [1.165, 1.54) is 0 Å². The van der Waals surface area contributed by atoms with Gasteiger partial charge in [-0.05, 0) is 14.0 Å². The van der Waals surface area contributed by atoms with E-state index in [9.17, 15) is 4.79 Å². The maximum Gasteiger partial charge on any atom is 0.165 e. The molecule has 1 aliphatic carbocycles. The number of carbonyl (C=O) groups excluding carboxylic acids is 1. The summed E-state index contributed by atoms with van der Waals surface area (Å²) in [7, 11) is 1.75. The highest BCUT2D eigenvalue weighted by atomic mass is 35.5. The maximum atomic E-state index is 11.9. The fraction of sp³-hybridized carbons (Fsp3) is 0.308. The number of rotatable bonds is 4. The van der Waals surface area contributed by atoms with Crippen molar-refractivity contribution in [3.63, 3.8) is 0 Å². The van der Waals surface area contributed by atoms with Crippen molar-refractivity contribution in [1.82, 2.24) is 5.32 Å². The fourth-order valence-electron chi connectivity index (χ4n) is 1.82. The summed E-state index contributed by atoms with van der Waals surface area (Å²) in [4.78, 5) is 11.9. The van der Waals surface area contributed by atoms with E-state index in [2.05, 4.69) is 11.9 Å². The van der Waals surface area contributed by atoms with E-state index in [0.29, 0.717) is 17.0 Å². The van der Waals surface area contributed by atoms with Crippen LogP contribution in [0.2, 0.25) is 0 Å². The summed E-state index contributed by atoms with van der Waals surface area (Å²) in [6, 6.07) is 0. The Labute approximate surface area is 101 Å². The van der Waals surface area contributed by atoms with E-state index in [0.717, 1.165) is 0 Å². The number of hydrogen-bond acceptors (Lipinski definition) is 2. The van der Waals surface area contributed by atoms with E-state index in [1.54, 1.807) is 7.05 Å². The van der Waals surface area contributed by atoms with Crippen LogP contribution in [0.4, 0.5) is 0 Å². The molecular weight excluding hydrogens is 222 g/mol. The summed E-state index contributed by atoms with van der Waals surface area (Å²) in [5.41, 5.74) is -0.105. The molecule has 1 aliphatic rings. The molecule has 0 aromatic rings. The quantitative estimate of drug-likeness (QED) is 0.602. The third-order valence-electron chi connectivity index (χ3n) is 2.68. The van der Waals surface area contributed by atoms with Gasteiger partial charge < -0.3 is 5.32 Å². The van der Waals surface area contributed by atoms with Gasteiger partial charge in [-0.2, -0.15) is 0 Å². The Hall–Kier alpha value is -1.12. The molecule has 0 heterocycles. The number of nitrogens with one attached hydrogen (secondary N) is 1. The lowest BCUT2D eigenvalue weighted by Crippen LogP contribution is -2.48. The summed E-state index contributed by atoms with van der Waals surface area (Å²) in [6.07, 6.45) is 9.67. The Bertz CT molecular complexity index is 393. The highest BCUT2D eigenvalue weighted by Crippen LogP contribution is 2.32. The number of ketones is 1. The van der Waals surface area contributed by atoms with Gasteiger partial charge in [-0.15, -0.1) is 0 Å². The molecule has 86 valence electrons. The molecule has 3 heteroatoms. The van der Waals surface area contributed by atoms with Crippen molar-refractivity contribution in [3.05, 3.63) is 47.6 Å². The minimum atomic E-state index is -0.807. The molecule has 2 nitrogen and oxygen atoms in total. The molecule has 1 rings (SSSR count). The minimum absolute atomic E-state index is 0.0903. The van der Waals surface area contributed by atoms with Crippen molar-refractivity contribution in [2.75, 3.05) is 7.05 Å². The smallest absolute Gasteiger partial charge is 0.165 e. The first-order valence-corrected chi connectivity index (χ1v) is 5.54. The van der Waals surface area contributed by atoms with Crippen LogP contribution < -0.4 is 5.32 Å². The molecule has 0 spiro atoms. The van der Waals surface area contributed by atoms with E-state index in [1.807, 2.05) is 37.3 Å². The van der Waals surface area contributed by atoms with Crippen LogP contribution in [0, 0.1) is 0 Å². The highest BCUT2D eigenvalue weighted by Gasteiger charge is 2.40.